The number of carboxylic acids is 1. The van der Waals surface area contributed by atoms with Gasteiger partial charge >= 0.3 is 5.97 Å². The Balaban J connectivity index is 2.54. The van der Waals surface area contributed by atoms with Crippen molar-refractivity contribution in [3.63, 3.8) is 0 Å². The monoisotopic (exact) mass is 331 g/mol. The molecule has 10 heteroatoms. The number of nitrogens with zero attached hydrogens (tertiary/aromatic N) is 3. The van der Waals surface area contributed by atoms with Gasteiger partial charge in [-0.05, 0) is 24.5 Å². The van der Waals surface area contributed by atoms with E-state index in [0.29, 0.717) is 0 Å². The van der Waals surface area contributed by atoms with Gasteiger partial charge in [0.15, 0.2) is 0 Å². The molecule has 0 unspecified atom stereocenters. The fraction of sp³-hybridized carbons (Fsp3) is 0.182. The Bertz CT molecular complexity index is 804. The average Bonchev–Trinajstić information content (AvgIpc) is 2.79. The number of aromatic nitrogens is 2. The zero-order chi connectivity index (χ0) is 15.8. The quantitative estimate of drug-likeness (QED) is 0.911. The van der Waals surface area contributed by atoms with Crippen molar-refractivity contribution in [2.45, 2.75) is 11.8 Å². The topological polar surface area (TPSA) is 100 Å². The number of carbonyl (C=O) groups is 1. The van der Waals surface area contributed by atoms with E-state index in [4.69, 9.17) is 5.11 Å². The second-order valence-corrected chi connectivity index (χ2v) is 6.79. The molecule has 1 N–H and O–H groups in total. The minimum absolute atomic E-state index is 0.0516. The van der Waals surface area contributed by atoms with Crippen LogP contribution in [0.5, 0.6) is 0 Å². The molecular formula is C11H10FN3O4S2. The Labute approximate surface area is 123 Å². The molecule has 2 aromatic rings. The lowest BCUT2D eigenvalue weighted by Crippen LogP contribution is -2.27. The van der Waals surface area contributed by atoms with Crippen LogP contribution >= 0.6 is 11.5 Å². The van der Waals surface area contributed by atoms with Gasteiger partial charge in [-0.1, -0.05) is 0 Å². The van der Waals surface area contributed by atoms with Crippen LogP contribution in [0.1, 0.15) is 16.1 Å². The van der Waals surface area contributed by atoms with Gasteiger partial charge in [0.25, 0.3) is 10.0 Å². The second kappa shape index (κ2) is 5.37. The maximum absolute atomic E-state index is 13.1. The molecule has 0 aliphatic rings. The van der Waals surface area contributed by atoms with Crippen LogP contribution in [0.3, 0.4) is 0 Å². The molecule has 0 atom stereocenters. The van der Waals surface area contributed by atoms with E-state index in [1.54, 1.807) is 0 Å². The van der Waals surface area contributed by atoms with E-state index >= 15 is 0 Å². The predicted octanol–water partition coefficient (Wildman–Crippen LogP) is 1.51. The van der Waals surface area contributed by atoms with Crippen LogP contribution in [-0.2, 0) is 10.0 Å². The smallest absolute Gasteiger partial charge is 0.340 e. The molecule has 0 aromatic carbocycles. The number of pyridine rings is 1. The van der Waals surface area contributed by atoms with E-state index in [2.05, 4.69) is 9.36 Å². The summed E-state index contributed by atoms with van der Waals surface area (Å²) in [6.07, 6.45) is 1.86. The number of hydrogen-bond donors (Lipinski definition) is 1. The summed E-state index contributed by atoms with van der Waals surface area (Å²) >= 11 is 0.740. The molecule has 0 saturated carbocycles. The third kappa shape index (κ3) is 2.72. The molecule has 21 heavy (non-hydrogen) atoms. The Morgan fingerprint density at radius 2 is 2.10 bits per heavy atom. The summed E-state index contributed by atoms with van der Waals surface area (Å²) < 4.78 is 42.5. The number of rotatable bonds is 4. The summed E-state index contributed by atoms with van der Waals surface area (Å²) in [5.41, 5.74) is 0.0114. The highest BCUT2D eigenvalue weighted by Crippen LogP contribution is 2.31. The molecule has 0 radical (unpaired) electrons. The Morgan fingerprint density at radius 1 is 1.43 bits per heavy atom. The molecule has 0 aliphatic heterocycles. The molecule has 0 spiro atoms. The van der Waals surface area contributed by atoms with Gasteiger partial charge in [0.05, 0.1) is 11.9 Å². The molecule has 7 nitrogen and oxygen atoms in total. The minimum atomic E-state index is -4.12. The molecule has 0 saturated heterocycles. The molecule has 0 amide bonds. The number of hydrogen-bond acceptors (Lipinski definition) is 6. The molecule has 2 heterocycles. The van der Waals surface area contributed by atoms with Crippen LogP contribution in [0.2, 0.25) is 0 Å². The largest absolute Gasteiger partial charge is 0.478 e. The van der Waals surface area contributed by atoms with Crippen molar-refractivity contribution in [1.82, 2.24) is 9.36 Å². The number of carboxylic acid groups (broad SMARTS) is 1. The molecule has 0 bridgehead atoms. The van der Waals surface area contributed by atoms with Crippen molar-refractivity contribution in [3.05, 3.63) is 35.5 Å². The van der Waals surface area contributed by atoms with Crippen molar-refractivity contribution < 1.29 is 22.7 Å². The lowest BCUT2D eigenvalue weighted by atomic mass is 10.2. The summed E-state index contributed by atoms with van der Waals surface area (Å²) in [5, 5.41) is 9.09. The average molecular weight is 331 g/mol. The Kier molecular flexibility index (Phi) is 3.92. The molecule has 112 valence electrons. The van der Waals surface area contributed by atoms with Crippen LogP contribution in [-0.4, -0.2) is 35.9 Å². The zero-order valence-corrected chi connectivity index (χ0v) is 12.6. The van der Waals surface area contributed by atoms with Crippen molar-refractivity contribution in [3.8, 4) is 0 Å². The van der Waals surface area contributed by atoms with E-state index in [1.807, 2.05) is 0 Å². The molecule has 0 fully saturated rings. The standard InChI is InChI=1S/C11H10FN3O4S2/c1-6-9(11(16)17)10(20-14-6)15(2)21(18,19)8-3-7(12)4-13-5-8/h3-5H,1-2H3,(H,16,17). The van der Waals surface area contributed by atoms with E-state index in [9.17, 15) is 17.6 Å². The first-order valence-corrected chi connectivity index (χ1v) is 7.75. The van der Waals surface area contributed by atoms with Gasteiger partial charge in [0.2, 0.25) is 0 Å². The van der Waals surface area contributed by atoms with Crippen LogP contribution in [0.25, 0.3) is 0 Å². The normalized spacial score (nSPS) is 11.4. The maximum atomic E-state index is 13.1. The third-order valence-electron chi connectivity index (χ3n) is 2.68. The molecule has 2 rings (SSSR count). The van der Waals surface area contributed by atoms with Gasteiger partial charge in [-0.2, -0.15) is 4.37 Å². The summed E-state index contributed by atoms with van der Waals surface area (Å²) in [6, 6.07) is 0.813. The SMILES string of the molecule is Cc1nsc(N(C)S(=O)(=O)c2cncc(F)c2)c1C(=O)O. The van der Waals surface area contributed by atoms with Crippen LogP contribution in [0.15, 0.2) is 23.4 Å². The number of aromatic carboxylic acids is 1. The van der Waals surface area contributed by atoms with Gasteiger partial charge < -0.3 is 5.11 Å². The highest BCUT2D eigenvalue weighted by molar-refractivity contribution is 7.93. The number of sulfonamides is 1. The van der Waals surface area contributed by atoms with Gasteiger partial charge in [-0.25, -0.2) is 17.6 Å². The summed E-state index contributed by atoms with van der Waals surface area (Å²) in [7, 11) is -2.94. The first-order chi connectivity index (χ1) is 9.75. The molecular weight excluding hydrogens is 321 g/mol. The Hall–Kier alpha value is -2.07. The van der Waals surface area contributed by atoms with Crippen LogP contribution in [0, 0.1) is 12.7 Å². The van der Waals surface area contributed by atoms with Crippen molar-refractivity contribution >= 4 is 32.5 Å². The van der Waals surface area contributed by atoms with E-state index in [1.165, 1.54) is 14.0 Å². The third-order valence-corrected chi connectivity index (χ3v) is 5.54. The number of anilines is 1. The number of aryl methyl sites for hydroxylation is 1. The lowest BCUT2D eigenvalue weighted by molar-refractivity contribution is 0.0697. The van der Waals surface area contributed by atoms with Crippen molar-refractivity contribution in [1.29, 1.82) is 0 Å². The lowest BCUT2D eigenvalue weighted by Gasteiger charge is -2.17. The molecule has 2 aromatic heterocycles. The fourth-order valence-electron chi connectivity index (χ4n) is 1.62. The van der Waals surface area contributed by atoms with Gasteiger partial charge in [0, 0.05) is 13.2 Å². The highest BCUT2D eigenvalue weighted by Gasteiger charge is 2.29. The van der Waals surface area contributed by atoms with E-state index < -0.39 is 21.8 Å². The minimum Gasteiger partial charge on any atom is -0.478 e. The first-order valence-electron chi connectivity index (χ1n) is 5.54. The van der Waals surface area contributed by atoms with Crippen LogP contribution < -0.4 is 4.31 Å². The van der Waals surface area contributed by atoms with Gasteiger partial charge in [0.1, 0.15) is 21.3 Å². The van der Waals surface area contributed by atoms with E-state index in [0.717, 1.165) is 34.3 Å². The number of halogens is 1. The molecule has 0 aliphatic carbocycles. The van der Waals surface area contributed by atoms with Crippen LogP contribution in [0.4, 0.5) is 9.39 Å². The maximum Gasteiger partial charge on any atom is 0.340 e. The summed E-state index contributed by atoms with van der Waals surface area (Å²) in [6.45, 7) is 1.47. The van der Waals surface area contributed by atoms with Crippen molar-refractivity contribution in [2.75, 3.05) is 11.4 Å². The fourth-order valence-corrected chi connectivity index (χ4v) is 3.85. The summed E-state index contributed by atoms with van der Waals surface area (Å²) in [5.74, 6) is -2.08. The predicted molar refractivity (Wildman–Crippen MR) is 73.6 cm³/mol. The van der Waals surface area contributed by atoms with Gasteiger partial charge in [-0.15, -0.1) is 0 Å². The Morgan fingerprint density at radius 3 is 2.67 bits per heavy atom. The van der Waals surface area contributed by atoms with E-state index in [-0.39, 0.29) is 21.2 Å². The first kappa shape index (κ1) is 15.3. The second-order valence-electron chi connectivity index (χ2n) is 4.06. The van der Waals surface area contributed by atoms with Crippen molar-refractivity contribution in [2.24, 2.45) is 0 Å². The zero-order valence-electron chi connectivity index (χ0n) is 10.9. The van der Waals surface area contributed by atoms with Gasteiger partial charge in [-0.3, -0.25) is 9.29 Å². The highest BCUT2D eigenvalue weighted by atomic mass is 32.2. The summed E-state index contributed by atoms with van der Waals surface area (Å²) in [4.78, 5) is 14.3.